The van der Waals surface area contributed by atoms with Crippen molar-refractivity contribution >= 4 is 29.3 Å². The highest BCUT2D eigenvalue weighted by Gasteiger charge is 2.20. The van der Waals surface area contributed by atoms with Crippen LogP contribution in [0.5, 0.6) is 0 Å². The van der Waals surface area contributed by atoms with Gasteiger partial charge in [0.2, 0.25) is 5.91 Å². The first-order valence-corrected chi connectivity index (χ1v) is 8.15. The van der Waals surface area contributed by atoms with Crippen LogP contribution in [-0.2, 0) is 4.79 Å². The quantitative estimate of drug-likeness (QED) is 0.897. The molecular weight excluding hydrogens is 299 g/mol. The van der Waals surface area contributed by atoms with Crippen molar-refractivity contribution in [3.05, 3.63) is 34.6 Å². The van der Waals surface area contributed by atoms with Gasteiger partial charge in [0.25, 0.3) is 0 Å². The summed E-state index contributed by atoms with van der Waals surface area (Å²) < 4.78 is 13.8. The van der Waals surface area contributed by atoms with Gasteiger partial charge in [-0.3, -0.25) is 4.79 Å². The van der Waals surface area contributed by atoms with Crippen molar-refractivity contribution in [1.82, 2.24) is 10.6 Å². The van der Waals surface area contributed by atoms with Crippen LogP contribution in [-0.4, -0.2) is 30.0 Å². The third-order valence-corrected chi connectivity index (χ3v) is 4.70. The van der Waals surface area contributed by atoms with Crippen molar-refractivity contribution in [3.8, 4) is 0 Å². The summed E-state index contributed by atoms with van der Waals surface area (Å²) in [5, 5.41) is 6.45. The van der Waals surface area contributed by atoms with Crippen molar-refractivity contribution in [1.29, 1.82) is 0 Å². The number of carbonyl (C=O) groups excluding carboxylic acids is 1. The van der Waals surface area contributed by atoms with Gasteiger partial charge in [-0.15, -0.1) is 0 Å². The highest BCUT2D eigenvalue weighted by Crippen LogP contribution is 2.25. The van der Waals surface area contributed by atoms with E-state index in [2.05, 4.69) is 10.6 Å². The summed E-state index contributed by atoms with van der Waals surface area (Å²) in [5.74, 6) is 1.54. The molecule has 0 spiro atoms. The molecule has 1 aliphatic rings. The predicted molar refractivity (Wildman–Crippen MR) is 81.7 cm³/mol. The Morgan fingerprint density at radius 3 is 3.10 bits per heavy atom. The van der Waals surface area contributed by atoms with Crippen LogP contribution in [0, 0.1) is 5.82 Å². The Labute approximate surface area is 127 Å². The van der Waals surface area contributed by atoms with Crippen LogP contribution in [0.4, 0.5) is 4.39 Å². The maximum atomic E-state index is 13.8. The average molecular weight is 317 g/mol. The van der Waals surface area contributed by atoms with E-state index in [-0.39, 0.29) is 11.9 Å². The molecule has 2 atom stereocenters. The Kier molecular flexibility index (Phi) is 5.69. The third-order valence-electron chi connectivity index (χ3n) is 3.24. The van der Waals surface area contributed by atoms with Gasteiger partial charge in [-0.25, -0.2) is 4.39 Å². The van der Waals surface area contributed by atoms with Crippen molar-refractivity contribution in [2.45, 2.75) is 25.4 Å². The maximum Gasteiger partial charge on any atom is 0.222 e. The van der Waals surface area contributed by atoms with Crippen LogP contribution in [0.2, 0.25) is 5.02 Å². The number of nitrogens with one attached hydrogen (secondary N) is 2. The minimum absolute atomic E-state index is 0.0863. The molecule has 0 bridgehead atoms. The van der Waals surface area contributed by atoms with E-state index in [1.54, 1.807) is 19.1 Å². The fourth-order valence-corrected chi connectivity index (χ4v) is 3.55. The van der Waals surface area contributed by atoms with Crippen LogP contribution in [0.3, 0.4) is 0 Å². The summed E-state index contributed by atoms with van der Waals surface area (Å²) in [4.78, 5) is 12.0. The van der Waals surface area contributed by atoms with E-state index >= 15 is 0 Å². The normalized spacial score (nSPS) is 20.4. The first-order chi connectivity index (χ1) is 9.58. The maximum absolute atomic E-state index is 13.8. The molecule has 1 aliphatic heterocycles. The first-order valence-electron chi connectivity index (χ1n) is 6.62. The van der Waals surface area contributed by atoms with Crippen LogP contribution in [0.25, 0.3) is 0 Å². The van der Waals surface area contributed by atoms with E-state index in [0.29, 0.717) is 17.0 Å². The molecule has 1 aromatic rings. The SMILES string of the molecule is CC(NC(=O)CC1CSCCN1)c1c(F)cccc1Cl. The Morgan fingerprint density at radius 1 is 1.65 bits per heavy atom. The lowest BCUT2D eigenvalue weighted by atomic mass is 10.1. The second kappa shape index (κ2) is 7.29. The molecule has 0 radical (unpaired) electrons. The van der Waals surface area contributed by atoms with Crippen molar-refractivity contribution in [2.24, 2.45) is 0 Å². The van der Waals surface area contributed by atoms with E-state index in [4.69, 9.17) is 11.6 Å². The number of thioether (sulfide) groups is 1. The lowest BCUT2D eigenvalue weighted by Crippen LogP contribution is -2.41. The van der Waals surface area contributed by atoms with Gasteiger partial charge in [-0.2, -0.15) is 11.8 Å². The van der Waals surface area contributed by atoms with E-state index in [1.165, 1.54) is 6.07 Å². The molecule has 0 aliphatic carbocycles. The minimum Gasteiger partial charge on any atom is -0.349 e. The molecule has 6 heteroatoms. The first kappa shape index (κ1) is 15.6. The van der Waals surface area contributed by atoms with Gasteiger partial charge >= 0.3 is 0 Å². The summed E-state index contributed by atoms with van der Waals surface area (Å²) in [7, 11) is 0. The van der Waals surface area contributed by atoms with Crippen LogP contribution >= 0.6 is 23.4 Å². The zero-order valence-corrected chi connectivity index (χ0v) is 12.9. The number of hydrogen-bond donors (Lipinski definition) is 2. The van der Waals surface area contributed by atoms with Crippen LogP contribution < -0.4 is 10.6 Å². The topological polar surface area (TPSA) is 41.1 Å². The zero-order chi connectivity index (χ0) is 14.5. The lowest BCUT2D eigenvalue weighted by molar-refractivity contribution is -0.122. The average Bonchev–Trinajstić information content (AvgIpc) is 2.39. The summed E-state index contributed by atoms with van der Waals surface area (Å²) >= 11 is 7.83. The molecule has 1 fully saturated rings. The Balaban J connectivity index is 1.93. The Morgan fingerprint density at radius 2 is 2.45 bits per heavy atom. The number of benzene rings is 1. The van der Waals surface area contributed by atoms with Crippen molar-refractivity contribution in [2.75, 3.05) is 18.1 Å². The van der Waals surface area contributed by atoms with E-state index in [0.717, 1.165) is 18.1 Å². The van der Waals surface area contributed by atoms with Gasteiger partial charge in [0.15, 0.2) is 0 Å². The summed E-state index contributed by atoms with van der Waals surface area (Å²) in [5.41, 5.74) is 0.341. The number of amides is 1. The van der Waals surface area contributed by atoms with Crippen molar-refractivity contribution < 1.29 is 9.18 Å². The molecule has 3 nitrogen and oxygen atoms in total. The van der Waals surface area contributed by atoms with E-state index in [9.17, 15) is 9.18 Å². The molecule has 2 rings (SSSR count). The Bertz CT molecular complexity index is 460. The van der Waals surface area contributed by atoms with Crippen LogP contribution in [0.1, 0.15) is 24.9 Å². The fourth-order valence-electron chi connectivity index (χ4n) is 2.27. The second-order valence-electron chi connectivity index (χ2n) is 4.85. The predicted octanol–water partition coefficient (Wildman–Crippen LogP) is 2.75. The third kappa shape index (κ3) is 4.11. The van der Waals surface area contributed by atoms with Gasteiger partial charge in [-0.05, 0) is 19.1 Å². The van der Waals surface area contributed by atoms with Crippen molar-refractivity contribution in [3.63, 3.8) is 0 Å². The number of carbonyl (C=O) groups is 1. The van der Waals surface area contributed by atoms with Gasteiger partial charge < -0.3 is 10.6 Å². The molecule has 20 heavy (non-hydrogen) atoms. The van der Waals surface area contributed by atoms with Gasteiger partial charge in [0.05, 0.1) is 6.04 Å². The molecule has 0 saturated carbocycles. The van der Waals surface area contributed by atoms with Gasteiger partial charge in [0.1, 0.15) is 5.82 Å². The molecular formula is C14H18ClFN2OS. The molecule has 2 N–H and O–H groups in total. The highest BCUT2D eigenvalue weighted by molar-refractivity contribution is 7.99. The van der Waals surface area contributed by atoms with Crippen LogP contribution in [0.15, 0.2) is 18.2 Å². The second-order valence-corrected chi connectivity index (χ2v) is 6.41. The van der Waals surface area contributed by atoms with E-state index in [1.807, 2.05) is 11.8 Å². The van der Waals surface area contributed by atoms with Gasteiger partial charge in [0, 0.05) is 41.1 Å². The standard InChI is InChI=1S/C14H18ClFN2OS/c1-9(14-11(15)3-2-4-12(14)16)18-13(19)7-10-8-20-6-5-17-10/h2-4,9-10,17H,5-8H2,1H3,(H,18,19). The minimum atomic E-state index is -0.438. The Hall–Kier alpha value is -0.780. The summed E-state index contributed by atoms with van der Waals surface area (Å²) in [6.07, 6.45) is 0.406. The molecule has 1 heterocycles. The lowest BCUT2D eigenvalue weighted by Gasteiger charge is -2.24. The largest absolute Gasteiger partial charge is 0.349 e. The zero-order valence-electron chi connectivity index (χ0n) is 11.3. The number of halogens is 2. The van der Waals surface area contributed by atoms with E-state index < -0.39 is 11.9 Å². The molecule has 1 saturated heterocycles. The number of hydrogen-bond acceptors (Lipinski definition) is 3. The summed E-state index contributed by atoms with van der Waals surface area (Å²) in [6, 6.07) is 4.29. The monoisotopic (exact) mass is 316 g/mol. The molecule has 1 aromatic carbocycles. The smallest absolute Gasteiger partial charge is 0.222 e. The molecule has 110 valence electrons. The fraction of sp³-hybridized carbons (Fsp3) is 0.500. The highest BCUT2D eigenvalue weighted by atomic mass is 35.5. The van der Waals surface area contributed by atoms with Gasteiger partial charge in [-0.1, -0.05) is 17.7 Å². The molecule has 2 unspecified atom stereocenters. The molecule has 0 aromatic heterocycles. The molecule has 1 amide bonds. The number of rotatable bonds is 4. The summed E-state index contributed by atoms with van der Waals surface area (Å²) in [6.45, 7) is 2.67.